The lowest BCUT2D eigenvalue weighted by atomic mass is 10.1. The third kappa shape index (κ3) is 3.42. The number of hydrogen-bond acceptors (Lipinski definition) is 4. The number of benzene rings is 1. The van der Waals surface area contributed by atoms with E-state index in [4.69, 9.17) is 18.0 Å². The SMILES string of the molecule is COC(=O)C(C)Nc1ccc(C)cc1C(N)=S. The van der Waals surface area contributed by atoms with Gasteiger partial charge in [-0.25, -0.2) is 4.79 Å². The zero-order chi connectivity index (χ0) is 13.0. The number of esters is 1. The molecule has 1 rings (SSSR count). The highest BCUT2D eigenvalue weighted by molar-refractivity contribution is 7.80. The molecule has 0 aliphatic carbocycles. The molecule has 0 bridgehead atoms. The summed E-state index contributed by atoms with van der Waals surface area (Å²) in [4.78, 5) is 11.6. The molecule has 0 saturated heterocycles. The second-order valence-electron chi connectivity index (χ2n) is 3.80. The number of ether oxygens (including phenoxy) is 1. The molecule has 17 heavy (non-hydrogen) atoms. The summed E-state index contributed by atoms with van der Waals surface area (Å²) in [5.41, 5.74) is 8.17. The van der Waals surface area contributed by atoms with Crippen molar-refractivity contribution in [2.24, 2.45) is 5.73 Å². The predicted octanol–water partition coefficient (Wildman–Crippen LogP) is 1.60. The number of methoxy groups -OCH3 is 1. The van der Waals surface area contributed by atoms with Crippen molar-refractivity contribution in [2.75, 3.05) is 12.4 Å². The van der Waals surface area contributed by atoms with Crippen molar-refractivity contribution < 1.29 is 9.53 Å². The third-order valence-corrected chi connectivity index (χ3v) is 2.59. The van der Waals surface area contributed by atoms with E-state index in [0.717, 1.165) is 16.8 Å². The van der Waals surface area contributed by atoms with Crippen LogP contribution in [0.5, 0.6) is 0 Å². The molecule has 0 fully saturated rings. The average molecular weight is 252 g/mol. The molecule has 0 amide bonds. The Morgan fingerprint density at radius 1 is 1.53 bits per heavy atom. The van der Waals surface area contributed by atoms with Gasteiger partial charge in [0.2, 0.25) is 0 Å². The predicted molar refractivity (Wildman–Crippen MR) is 72.2 cm³/mol. The van der Waals surface area contributed by atoms with Crippen LogP contribution in [0.15, 0.2) is 18.2 Å². The van der Waals surface area contributed by atoms with Gasteiger partial charge in [0.15, 0.2) is 0 Å². The van der Waals surface area contributed by atoms with Crippen LogP contribution in [0.1, 0.15) is 18.1 Å². The summed E-state index contributed by atoms with van der Waals surface area (Å²) in [6.07, 6.45) is 0. The van der Waals surface area contributed by atoms with Gasteiger partial charge in [0.05, 0.1) is 7.11 Å². The van der Waals surface area contributed by atoms with Gasteiger partial charge in [0.1, 0.15) is 11.0 Å². The fourth-order valence-electron chi connectivity index (χ4n) is 1.46. The second-order valence-corrected chi connectivity index (χ2v) is 4.24. The minimum absolute atomic E-state index is 0.299. The third-order valence-electron chi connectivity index (χ3n) is 2.37. The highest BCUT2D eigenvalue weighted by Gasteiger charge is 2.15. The fourth-order valence-corrected chi connectivity index (χ4v) is 1.63. The molecule has 0 radical (unpaired) electrons. The quantitative estimate of drug-likeness (QED) is 0.629. The van der Waals surface area contributed by atoms with Gasteiger partial charge >= 0.3 is 5.97 Å². The Kier molecular flexibility index (Phi) is 4.45. The van der Waals surface area contributed by atoms with E-state index >= 15 is 0 Å². The Bertz CT molecular complexity index is 446. The van der Waals surface area contributed by atoms with Crippen molar-refractivity contribution in [3.8, 4) is 0 Å². The molecule has 1 aromatic carbocycles. The largest absolute Gasteiger partial charge is 0.467 e. The van der Waals surface area contributed by atoms with Crippen LogP contribution in [-0.4, -0.2) is 24.1 Å². The molecule has 0 heterocycles. The number of hydrogen-bond donors (Lipinski definition) is 2. The van der Waals surface area contributed by atoms with Crippen LogP contribution in [0, 0.1) is 6.92 Å². The van der Waals surface area contributed by atoms with Crippen molar-refractivity contribution in [3.05, 3.63) is 29.3 Å². The number of aryl methyl sites for hydroxylation is 1. The van der Waals surface area contributed by atoms with Gasteiger partial charge in [-0.2, -0.15) is 0 Å². The molecule has 1 unspecified atom stereocenters. The molecule has 3 N–H and O–H groups in total. The number of nitrogens with one attached hydrogen (secondary N) is 1. The number of thiocarbonyl (C=S) groups is 1. The molecule has 0 saturated carbocycles. The van der Waals surface area contributed by atoms with Crippen LogP contribution in [0.3, 0.4) is 0 Å². The van der Waals surface area contributed by atoms with Gasteiger partial charge in [0, 0.05) is 11.3 Å². The van der Waals surface area contributed by atoms with Crippen LogP contribution < -0.4 is 11.1 Å². The van der Waals surface area contributed by atoms with E-state index in [-0.39, 0.29) is 5.97 Å². The van der Waals surface area contributed by atoms with E-state index in [1.54, 1.807) is 6.92 Å². The summed E-state index contributed by atoms with van der Waals surface area (Å²) in [6.45, 7) is 3.67. The van der Waals surface area contributed by atoms with E-state index in [9.17, 15) is 4.79 Å². The molecular weight excluding hydrogens is 236 g/mol. The van der Waals surface area contributed by atoms with E-state index in [2.05, 4.69) is 10.1 Å². The molecule has 0 aliphatic rings. The van der Waals surface area contributed by atoms with Crippen LogP contribution >= 0.6 is 12.2 Å². The van der Waals surface area contributed by atoms with Crippen molar-refractivity contribution in [2.45, 2.75) is 19.9 Å². The summed E-state index contributed by atoms with van der Waals surface area (Å²) in [5, 5.41) is 3.03. The molecule has 5 heteroatoms. The number of nitrogens with two attached hydrogens (primary N) is 1. The monoisotopic (exact) mass is 252 g/mol. The highest BCUT2D eigenvalue weighted by atomic mass is 32.1. The van der Waals surface area contributed by atoms with Gasteiger partial charge in [0.25, 0.3) is 0 Å². The van der Waals surface area contributed by atoms with Crippen molar-refractivity contribution in [1.82, 2.24) is 0 Å². The topological polar surface area (TPSA) is 64.3 Å². The van der Waals surface area contributed by atoms with Gasteiger partial charge in [-0.15, -0.1) is 0 Å². The maximum atomic E-state index is 11.3. The number of rotatable bonds is 4. The fraction of sp³-hybridized carbons (Fsp3) is 0.333. The van der Waals surface area contributed by atoms with Gasteiger partial charge < -0.3 is 15.8 Å². The maximum Gasteiger partial charge on any atom is 0.327 e. The Morgan fingerprint density at radius 2 is 2.18 bits per heavy atom. The molecule has 4 nitrogen and oxygen atoms in total. The van der Waals surface area contributed by atoms with Gasteiger partial charge in [-0.3, -0.25) is 0 Å². The first-order valence-corrected chi connectivity index (χ1v) is 5.61. The maximum absolute atomic E-state index is 11.3. The Morgan fingerprint density at radius 3 is 2.71 bits per heavy atom. The minimum atomic E-state index is -0.448. The summed E-state index contributed by atoms with van der Waals surface area (Å²) < 4.78 is 4.64. The zero-order valence-corrected chi connectivity index (χ0v) is 10.9. The number of carbonyl (C=O) groups excluding carboxylic acids is 1. The standard InChI is InChI=1S/C12H16N2O2S/c1-7-4-5-10(9(6-7)11(13)17)14-8(2)12(15)16-3/h4-6,8,14H,1-3H3,(H2,13,17). The van der Waals surface area contributed by atoms with E-state index < -0.39 is 6.04 Å². The molecule has 1 aromatic rings. The summed E-state index contributed by atoms with van der Waals surface area (Å²) in [7, 11) is 1.35. The molecule has 92 valence electrons. The van der Waals surface area contributed by atoms with E-state index in [1.807, 2.05) is 25.1 Å². The van der Waals surface area contributed by atoms with Crippen LogP contribution in [-0.2, 0) is 9.53 Å². The van der Waals surface area contributed by atoms with E-state index in [1.165, 1.54) is 7.11 Å². The first kappa shape index (κ1) is 13.4. The Hall–Kier alpha value is -1.62. The minimum Gasteiger partial charge on any atom is -0.467 e. The van der Waals surface area contributed by atoms with E-state index in [0.29, 0.717) is 4.99 Å². The molecule has 1 atom stereocenters. The zero-order valence-electron chi connectivity index (χ0n) is 10.1. The lowest BCUT2D eigenvalue weighted by molar-refractivity contribution is -0.141. The molecule has 0 spiro atoms. The summed E-state index contributed by atoms with van der Waals surface area (Å²) in [6, 6.07) is 5.21. The van der Waals surface area contributed by atoms with Crippen LogP contribution in [0.25, 0.3) is 0 Å². The normalized spacial score (nSPS) is 11.7. The molecular formula is C12H16N2O2S. The first-order chi connectivity index (χ1) is 7.95. The second kappa shape index (κ2) is 5.63. The lowest BCUT2D eigenvalue weighted by Gasteiger charge is -2.16. The summed E-state index contributed by atoms with van der Waals surface area (Å²) in [5.74, 6) is -0.334. The number of anilines is 1. The summed E-state index contributed by atoms with van der Waals surface area (Å²) >= 11 is 4.98. The number of carbonyl (C=O) groups is 1. The molecule has 0 aliphatic heterocycles. The van der Waals surface area contributed by atoms with Crippen molar-refractivity contribution >= 4 is 28.9 Å². The van der Waals surface area contributed by atoms with Gasteiger partial charge in [-0.1, -0.05) is 23.8 Å². The van der Waals surface area contributed by atoms with Gasteiger partial charge in [-0.05, 0) is 26.0 Å². The lowest BCUT2D eigenvalue weighted by Crippen LogP contribution is -2.28. The van der Waals surface area contributed by atoms with Crippen molar-refractivity contribution in [1.29, 1.82) is 0 Å². The Labute approximate surface area is 106 Å². The van der Waals surface area contributed by atoms with Crippen molar-refractivity contribution in [3.63, 3.8) is 0 Å². The first-order valence-electron chi connectivity index (χ1n) is 5.20. The van der Waals surface area contributed by atoms with Crippen LogP contribution in [0.2, 0.25) is 0 Å². The highest BCUT2D eigenvalue weighted by Crippen LogP contribution is 2.18. The Balaban J connectivity index is 2.98. The average Bonchev–Trinajstić information content (AvgIpc) is 2.29. The molecule has 0 aromatic heterocycles. The van der Waals surface area contributed by atoms with Crippen LogP contribution in [0.4, 0.5) is 5.69 Å². The smallest absolute Gasteiger partial charge is 0.327 e.